The summed E-state index contributed by atoms with van der Waals surface area (Å²) in [6.45, 7) is 0.933. The van der Waals surface area contributed by atoms with Crippen LogP contribution in [-0.4, -0.2) is 34.5 Å². The van der Waals surface area contributed by atoms with Gasteiger partial charge in [-0.2, -0.15) is 5.21 Å². The van der Waals surface area contributed by atoms with E-state index in [-0.39, 0.29) is 17.5 Å². The number of aromatic amines is 1. The van der Waals surface area contributed by atoms with Crippen LogP contribution in [0.2, 0.25) is 0 Å². The van der Waals surface area contributed by atoms with Gasteiger partial charge in [0.15, 0.2) is 0 Å². The molecule has 58 valence electrons. The second-order valence-corrected chi connectivity index (χ2v) is 2.08. The Balaban J connectivity index is 2.41. The van der Waals surface area contributed by atoms with Crippen LogP contribution >= 0.6 is 0 Å². The molecule has 0 aliphatic carbocycles. The summed E-state index contributed by atoms with van der Waals surface area (Å²) < 4.78 is 5.07. The Labute approximate surface area is 61.9 Å². The fraction of sp³-hybridized carbons (Fsp3) is 0.400. The van der Waals surface area contributed by atoms with Crippen molar-refractivity contribution in [3.63, 3.8) is 0 Å². The van der Waals surface area contributed by atoms with E-state index in [2.05, 4.69) is 20.7 Å². The fourth-order valence-electron chi connectivity index (χ4n) is 0.866. The maximum Gasteiger partial charge on any atom is 0.277 e. The number of fused-ring (bicyclic) bond motifs is 1. The number of hydrogen-bond acceptors (Lipinski definition) is 4. The zero-order chi connectivity index (χ0) is 7.68. The summed E-state index contributed by atoms with van der Waals surface area (Å²) in [5.74, 6) is 0.0336. The topological polar surface area (TPSA) is 79.9 Å². The third kappa shape index (κ3) is 0.917. The molecule has 0 spiro atoms. The Kier molecular flexibility index (Phi) is 1.24. The SMILES string of the molecule is O=C1NCCOc2n[nH]nc21. The fourth-order valence-corrected chi connectivity index (χ4v) is 0.866. The molecule has 1 aromatic rings. The normalized spacial score (nSPS) is 16.2. The van der Waals surface area contributed by atoms with Gasteiger partial charge < -0.3 is 10.1 Å². The van der Waals surface area contributed by atoms with Crippen molar-refractivity contribution in [2.45, 2.75) is 0 Å². The zero-order valence-electron chi connectivity index (χ0n) is 5.63. The highest BCUT2D eigenvalue weighted by Gasteiger charge is 2.19. The number of carbonyl (C=O) groups excluding carboxylic acids is 1. The first-order valence-corrected chi connectivity index (χ1v) is 3.19. The molecule has 0 aromatic carbocycles. The number of amides is 1. The molecule has 0 radical (unpaired) electrons. The Bertz CT molecular complexity index is 282. The molecule has 1 aliphatic rings. The molecule has 2 rings (SSSR count). The highest BCUT2D eigenvalue weighted by Crippen LogP contribution is 2.11. The van der Waals surface area contributed by atoms with Crippen LogP contribution in [0.5, 0.6) is 5.88 Å². The Morgan fingerprint density at radius 3 is 3.27 bits per heavy atom. The lowest BCUT2D eigenvalue weighted by molar-refractivity contribution is 0.0952. The number of carbonyl (C=O) groups is 1. The molecule has 1 amide bonds. The van der Waals surface area contributed by atoms with E-state index in [0.717, 1.165) is 0 Å². The molecule has 0 saturated carbocycles. The molecule has 0 bridgehead atoms. The van der Waals surface area contributed by atoms with E-state index in [1.807, 2.05) is 0 Å². The molecule has 1 aliphatic heterocycles. The van der Waals surface area contributed by atoms with Crippen LogP contribution in [0.3, 0.4) is 0 Å². The van der Waals surface area contributed by atoms with Crippen molar-refractivity contribution >= 4 is 5.91 Å². The van der Waals surface area contributed by atoms with E-state index in [4.69, 9.17) is 4.74 Å². The molecule has 0 atom stereocenters. The molecule has 0 saturated heterocycles. The minimum atomic E-state index is -0.244. The second-order valence-electron chi connectivity index (χ2n) is 2.08. The summed E-state index contributed by atoms with van der Waals surface area (Å²) in [7, 11) is 0. The first kappa shape index (κ1) is 6.14. The van der Waals surface area contributed by atoms with E-state index in [1.54, 1.807) is 0 Å². The van der Waals surface area contributed by atoms with Crippen LogP contribution in [0.4, 0.5) is 0 Å². The molecule has 1 aromatic heterocycles. The van der Waals surface area contributed by atoms with E-state index < -0.39 is 0 Å². The lowest BCUT2D eigenvalue weighted by Gasteiger charge is -1.95. The average molecular weight is 154 g/mol. The Hall–Kier alpha value is -1.59. The van der Waals surface area contributed by atoms with Crippen molar-refractivity contribution in [1.29, 1.82) is 0 Å². The van der Waals surface area contributed by atoms with Gasteiger partial charge in [0.2, 0.25) is 5.69 Å². The van der Waals surface area contributed by atoms with Gasteiger partial charge in [0.05, 0.1) is 6.54 Å². The number of nitrogens with zero attached hydrogens (tertiary/aromatic N) is 2. The molecule has 2 heterocycles. The van der Waals surface area contributed by atoms with Gasteiger partial charge in [-0.05, 0) is 0 Å². The van der Waals surface area contributed by atoms with Crippen molar-refractivity contribution in [3.8, 4) is 5.88 Å². The number of hydrogen-bond donors (Lipinski definition) is 2. The Morgan fingerprint density at radius 2 is 2.36 bits per heavy atom. The van der Waals surface area contributed by atoms with Crippen molar-refractivity contribution < 1.29 is 9.53 Å². The maximum atomic E-state index is 11.1. The number of rotatable bonds is 0. The second kappa shape index (κ2) is 2.22. The molecule has 6 heteroatoms. The average Bonchev–Trinajstić information content (AvgIpc) is 2.40. The minimum absolute atomic E-state index is 0.225. The van der Waals surface area contributed by atoms with Crippen LogP contribution in [0.1, 0.15) is 10.5 Å². The first-order valence-electron chi connectivity index (χ1n) is 3.19. The highest BCUT2D eigenvalue weighted by molar-refractivity contribution is 5.94. The summed E-state index contributed by atoms with van der Waals surface area (Å²) >= 11 is 0. The standard InChI is InChI=1S/C5H6N4O2/c10-4-3-5(8-9-7-3)11-2-1-6-4/h1-2H2,(H,6,10)(H,7,8,9). The van der Waals surface area contributed by atoms with E-state index in [9.17, 15) is 4.79 Å². The van der Waals surface area contributed by atoms with Crippen LogP contribution in [0, 0.1) is 0 Å². The number of ether oxygens (including phenoxy) is 1. The molecule has 0 fully saturated rings. The molecule has 0 unspecified atom stereocenters. The molecular weight excluding hydrogens is 148 g/mol. The molecule has 11 heavy (non-hydrogen) atoms. The van der Waals surface area contributed by atoms with Crippen LogP contribution in [-0.2, 0) is 0 Å². The predicted octanol–water partition coefficient (Wildman–Crippen LogP) is -1.07. The first-order chi connectivity index (χ1) is 5.38. The van der Waals surface area contributed by atoms with Gasteiger partial charge in [-0.15, -0.1) is 10.2 Å². The Morgan fingerprint density at radius 1 is 1.45 bits per heavy atom. The van der Waals surface area contributed by atoms with Crippen LogP contribution < -0.4 is 10.1 Å². The van der Waals surface area contributed by atoms with Gasteiger partial charge in [-0.1, -0.05) is 0 Å². The lowest BCUT2D eigenvalue weighted by Crippen LogP contribution is -2.24. The van der Waals surface area contributed by atoms with Gasteiger partial charge in [0.25, 0.3) is 11.8 Å². The third-order valence-corrected chi connectivity index (χ3v) is 1.36. The summed E-state index contributed by atoms with van der Waals surface area (Å²) in [5, 5.41) is 12.2. The number of aromatic nitrogens is 3. The minimum Gasteiger partial charge on any atom is -0.473 e. The summed E-state index contributed by atoms with van der Waals surface area (Å²) in [5.41, 5.74) is 0.225. The summed E-state index contributed by atoms with van der Waals surface area (Å²) in [6.07, 6.45) is 0. The van der Waals surface area contributed by atoms with Crippen LogP contribution in [0.15, 0.2) is 0 Å². The number of H-pyrrole nitrogens is 1. The lowest BCUT2D eigenvalue weighted by atomic mass is 10.4. The number of nitrogens with one attached hydrogen (secondary N) is 2. The van der Waals surface area contributed by atoms with E-state index in [1.165, 1.54) is 0 Å². The molecular formula is C5H6N4O2. The largest absolute Gasteiger partial charge is 0.473 e. The van der Waals surface area contributed by atoms with Gasteiger partial charge in [-0.3, -0.25) is 4.79 Å². The maximum absolute atomic E-state index is 11.1. The quantitative estimate of drug-likeness (QED) is 0.498. The molecule has 6 nitrogen and oxygen atoms in total. The van der Waals surface area contributed by atoms with Crippen molar-refractivity contribution in [2.75, 3.05) is 13.2 Å². The molecule has 2 N–H and O–H groups in total. The van der Waals surface area contributed by atoms with Gasteiger partial charge in [0.1, 0.15) is 6.61 Å². The summed E-state index contributed by atoms with van der Waals surface area (Å²) in [6, 6.07) is 0. The van der Waals surface area contributed by atoms with Crippen molar-refractivity contribution in [1.82, 2.24) is 20.7 Å². The van der Waals surface area contributed by atoms with Gasteiger partial charge in [0, 0.05) is 0 Å². The van der Waals surface area contributed by atoms with E-state index in [0.29, 0.717) is 13.2 Å². The monoisotopic (exact) mass is 154 g/mol. The van der Waals surface area contributed by atoms with Crippen molar-refractivity contribution in [3.05, 3.63) is 5.69 Å². The highest BCUT2D eigenvalue weighted by atomic mass is 16.5. The summed E-state index contributed by atoms with van der Waals surface area (Å²) in [4.78, 5) is 11.1. The van der Waals surface area contributed by atoms with Crippen LogP contribution in [0.25, 0.3) is 0 Å². The smallest absolute Gasteiger partial charge is 0.277 e. The zero-order valence-corrected chi connectivity index (χ0v) is 5.63. The van der Waals surface area contributed by atoms with Gasteiger partial charge in [-0.25, -0.2) is 0 Å². The third-order valence-electron chi connectivity index (χ3n) is 1.36. The van der Waals surface area contributed by atoms with Gasteiger partial charge >= 0.3 is 0 Å². The van der Waals surface area contributed by atoms with Crippen molar-refractivity contribution in [2.24, 2.45) is 0 Å². The predicted molar refractivity (Wildman–Crippen MR) is 34.2 cm³/mol. The van der Waals surface area contributed by atoms with E-state index >= 15 is 0 Å².